The van der Waals surface area contributed by atoms with Crippen molar-refractivity contribution in [3.63, 3.8) is 0 Å². The van der Waals surface area contributed by atoms with Gasteiger partial charge in [0.25, 0.3) is 0 Å². The minimum atomic E-state index is 0.459. The van der Waals surface area contributed by atoms with E-state index < -0.39 is 0 Å². The number of nitrogens with zero attached hydrogens (tertiary/aromatic N) is 4. The maximum atomic E-state index is 5.04. The van der Waals surface area contributed by atoms with Gasteiger partial charge < -0.3 is 4.52 Å². The zero-order chi connectivity index (χ0) is 13.4. The van der Waals surface area contributed by atoms with E-state index in [0.29, 0.717) is 6.04 Å². The van der Waals surface area contributed by atoms with Gasteiger partial charge in [-0.15, -0.1) is 0 Å². The van der Waals surface area contributed by atoms with Gasteiger partial charge in [-0.3, -0.25) is 9.58 Å². The number of hydrogen-bond acceptors (Lipinski definition) is 4. The lowest BCUT2D eigenvalue weighted by Gasteiger charge is -2.31. The Morgan fingerprint density at radius 1 is 1.42 bits per heavy atom. The highest BCUT2D eigenvalue weighted by molar-refractivity contribution is 5.17. The molecule has 1 aliphatic rings. The molecular formula is C14H20N4O. The van der Waals surface area contributed by atoms with Crippen molar-refractivity contribution < 1.29 is 4.52 Å². The standard InChI is InChI=1S/C14H20N4O/c1-10-6-11(2)18(15-10)7-12(3)17-5-4-14-13(8-17)9-19-16-14/h6,9,12H,4-5,7-8H2,1-3H3/t12-/m0/s1. The van der Waals surface area contributed by atoms with Gasteiger partial charge in [0.05, 0.1) is 17.9 Å². The first-order valence-electron chi connectivity index (χ1n) is 6.80. The molecule has 2 aromatic heterocycles. The molecule has 0 aliphatic carbocycles. The third kappa shape index (κ3) is 2.42. The van der Waals surface area contributed by atoms with Crippen LogP contribution in [-0.4, -0.2) is 32.4 Å². The van der Waals surface area contributed by atoms with Crippen LogP contribution in [0, 0.1) is 13.8 Å². The summed E-state index contributed by atoms with van der Waals surface area (Å²) in [4.78, 5) is 2.47. The van der Waals surface area contributed by atoms with E-state index in [0.717, 1.165) is 37.4 Å². The Morgan fingerprint density at radius 2 is 2.26 bits per heavy atom. The maximum Gasteiger partial charge on any atom is 0.128 e. The van der Waals surface area contributed by atoms with Gasteiger partial charge in [-0.2, -0.15) is 5.10 Å². The molecule has 0 saturated carbocycles. The van der Waals surface area contributed by atoms with Crippen molar-refractivity contribution in [3.8, 4) is 0 Å². The van der Waals surface area contributed by atoms with Crippen molar-refractivity contribution in [1.29, 1.82) is 0 Å². The van der Waals surface area contributed by atoms with E-state index in [1.165, 1.54) is 11.3 Å². The zero-order valence-electron chi connectivity index (χ0n) is 11.8. The molecule has 5 heteroatoms. The molecular weight excluding hydrogens is 240 g/mol. The van der Waals surface area contributed by atoms with E-state index >= 15 is 0 Å². The van der Waals surface area contributed by atoms with Gasteiger partial charge in [0.15, 0.2) is 0 Å². The molecule has 19 heavy (non-hydrogen) atoms. The molecule has 0 saturated heterocycles. The normalized spacial score (nSPS) is 17.4. The van der Waals surface area contributed by atoms with Crippen LogP contribution in [0.2, 0.25) is 0 Å². The summed E-state index contributed by atoms with van der Waals surface area (Å²) in [6.07, 6.45) is 2.75. The Bertz CT molecular complexity index is 572. The molecule has 1 atom stereocenters. The summed E-state index contributed by atoms with van der Waals surface area (Å²) in [5.74, 6) is 0. The van der Waals surface area contributed by atoms with Crippen LogP contribution in [0.3, 0.4) is 0 Å². The third-order valence-corrected chi connectivity index (χ3v) is 3.90. The van der Waals surface area contributed by atoms with Crippen LogP contribution in [0.5, 0.6) is 0 Å². The summed E-state index contributed by atoms with van der Waals surface area (Å²) in [6.45, 7) is 9.31. The first-order chi connectivity index (χ1) is 9.13. The van der Waals surface area contributed by atoms with Crippen LogP contribution in [0.1, 0.15) is 29.6 Å². The zero-order valence-corrected chi connectivity index (χ0v) is 11.8. The van der Waals surface area contributed by atoms with Gasteiger partial charge in [0, 0.05) is 36.8 Å². The molecule has 3 rings (SSSR count). The first kappa shape index (κ1) is 12.4. The Balaban J connectivity index is 1.68. The van der Waals surface area contributed by atoms with E-state index in [1.807, 2.05) is 6.92 Å². The molecule has 0 spiro atoms. The lowest BCUT2D eigenvalue weighted by Crippen LogP contribution is -2.40. The van der Waals surface area contributed by atoms with Crippen molar-refractivity contribution >= 4 is 0 Å². The second kappa shape index (κ2) is 4.81. The number of aryl methyl sites for hydroxylation is 2. The molecule has 0 N–H and O–H groups in total. The lowest BCUT2D eigenvalue weighted by molar-refractivity contribution is 0.169. The van der Waals surface area contributed by atoms with Crippen LogP contribution >= 0.6 is 0 Å². The SMILES string of the molecule is Cc1cc(C)n(C[C@H](C)N2CCc3nocc3C2)n1. The van der Waals surface area contributed by atoms with Gasteiger partial charge in [-0.25, -0.2) is 0 Å². The summed E-state index contributed by atoms with van der Waals surface area (Å²) in [6, 6.07) is 2.59. The topological polar surface area (TPSA) is 47.1 Å². The van der Waals surface area contributed by atoms with E-state index in [9.17, 15) is 0 Å². The number of rotatable bonds is 3. The minimum absolute atomic E-state index is 0.459. The second-order valence-corrected chi connectivity index (χ2v) is 5.47. The smallest absolute Gasteiger partial charge is 0.128 e. The molecule has 5 nitrogen and oxygen atoms in total. The largest absolute Gasteiger partial charge is 0.364 e. The fourth-order valence-electron chi connectivity index (χ4n) is 2.76. The molecule has 0 amide bonds. The highest BCUT2D eigenvalue weighted by Gasteiger charge is 2.23. The predicted molar refractivity (Wildman–Crippen MR) is 71.8 cm³/mol. The Kier molecular flexibility index (Phi) is 3.14. The van der Waals surface area contributed by atoms with Crippen molar-refractivity contribution in [3.05, 3.63) is 35.0 Å². The lowest BCUT2D eigenvalue weighted by atomic mass is 10.1. The highest BCUT2D eigenvalue weighted by atomic mass is 16.5. The third-order valence-electron chi connectivity index (χ3n) is 3.90. The van der Waals surface area contributed by atoms with Crippen LogP contribution in [0.25, 0.3) is 0 Å². The number of hydrogen-bond donors (Lipinski definition) is 0. The minimum Gasteiger partial charge on any atom is -0.364 e. The Hall–Kier alpha value is -1.62. The predicted octanol–water partition coefficient (Wildman–Crippen LogP) is 1.93. The van der Waals surface area contributed by atoms with Gasteiger partial charge in [0.1, 0.15) is 6.26 Å². The fraction of sp³-hybridized carbons (Fsp3) is 0.571. The highest BCUT2D eigenvalue weighted by Crippen LogP contribution is 2.20. The van der Waals surface area contributed by atoms with Crippen molar-refractivity contribution in [2.75, 3.05) is 6.54 Å². The van der Waals surface area contributed by atoms with Gasteiger partial charge in [0.2, 0.25) is 0 Å². The Morgan fingerprint density at radius 3 is 3.00 bits per heavy atom. The molecule has 1 aliphatic heterocycles. The molecule has 0 unspecified atom stereocenters. The summed E-state index contributed by atoms with van der Waals surface area (Å²) >= 11 is 0. The van der Waals surface area contributed by atoms with Crippen LogP contribution in [-0.2, 0) is 19.5 Å². The first-order valence-corrected chi connectivity index (χ1v) is 6.80. The monoisotopic (exact) mass is 260 g/mol. The van der Waals surface area contributed by atoms with Crippen LogP contribution in [0.4, 0.5) is 0 Å². The molecule has 0 radical (unpaired) electrons. The van der Waals surface area contributed by atoms with Gasteiger partial charge >= 0.3 is 0 Å². The van der Waals surface area contributed by atoms with E-state index in [2.05, 4.69) is 39.8 Å². The quantitative estimate of drug-likeness (QED) is 0.846. The maximum absolute atomic E-state index is 5.04. The van der Waals surface area contributed by atoms with E-state index in [-0.39, 0.29) is 0 Å². The van der Waals surface area contributed by atoms with Crippen LogP contribution < -0.4 is 0 Å². The molecule has 0 bridgehead atoms. The summed E-state index contributed by atoms with van der Waals surface area (Å²) in [7, 11) is 0. The summed E-state index contributed by atoms with van der Waals surface area (Å²) < 4.78 is 7.14. The van der Waals surface area contributed by atoms with Crippen molar-refractivity contribution in [2.45, 2.75) is 46.3 Å². The fourth-order valence-corrected chi connectivity index (χ4v) is 2.76. The van der Waals surface area contributed by atoms with Gasteiger partial charge in [-0.1, -0.05) is 5.16 Å². The summed E-state index contributed by atoms with van der Waals surface area (Å²) in [5, 5.41) is 8.57. The second-order valence-electron chi connectivity index (χ2n) is 5.47. The van der Waals surface area contributed by atoms with E-state index in [1.54, 1.807) is 6.26 Å². The summed E-state index contributed by atoms with van der Waals surface area (Å²) in [5.41, 5.74) is 4.66. The number of fused-ring (bicyclic) bond motifs is 1. The average Bonchev–Trinajstić information content (AvgIpc) is 2.95. The van der Waals surface area contributed by atoms with Crippen LogP contribution in [0.15, 0.2) is 16.9 Å². The van der Waals surface area contributed by atoms with E-state index in [4.69, 9.17) is 4.52 Å². The molecule has 0 fully saturated rings. The average molecular weight is 260 g/mol. The molecule has 3 heterocycles. The van der Waals surface area contributed by atoms with Gasteiger partial charge in [-0.05, 0) is 26.8 Å². The molecule has 2 aromatic rings. The van der Waals surface area contributed by atoms with Crippen molar-refractivity contribution in [1.82, 2.24) is 19.8 Å². The van der Waals surface area contributed by atoms with Crippen molar-refractivity contribution in [2.24, 2.45) is 0 Å². The number of aromatic nitrogens is 3. The Labute approximate surface area is 113 Å². The molecule has 102 valence electrons. The molecule has 0 aromatic carbocycles.